The Kier molecular flexibility index (Phi) is 6.03. The molecule has 2 aliphatic rings. The van der Waals surface area contributed by atoms with E-state index in [4.69, 9.17) is 33.5 Å². The van der Waals surface area contributed by atoms with Crippen LogP contribution in [0.15, 0.2) is 59.7 Å². The Labute approximate surface area is 204 Å². The Morgan fingerprint density at radius 3 is 2.09 bits per heavy atom. The van der Waals surface area contributed by atoms with Crippen molar-refractivity contribution < 1.29 is 28.4 Å². The lowest BCUT2D eigenvalue weighted by atomic mass is 9.95. The predicted octanol–water partition coefficient (Wildman–Crippen LogP) is 4.97. The van der Waals surface area contributed by atoms with Crippen molar-refractivity contribution in [3.63, 3.8) is 0 Å². The van der Waals surface area contributed by atoms with E-state index >= 15 is 0 Å². The Morgan fingerprint density at radius 2 is 1.40 bits per heavy atom. The van der Waals surface area contributed by atoms with Crippen molar-refractivity contribution in [2.24, 2.45) is 5.10 Å². The van der Waals surface area contributed by atoms with E-state index in [0.29, 0.717) is 35.2 Å². The van der Waals surface area contributed by atoms with E-state index in [1.807, 2.05) is 53.5 Å². The highest BCUT2D eigenvalue weighted by Crippen LogP contribution is 2.51. The largest absolute Gasteiger partial charge is 0.493 e. The molecule has 8 heteroatoms. The standard InChI is InChI=1S/C27H28N2O6/c1-30-21-11-9-16(13-24(21)33-4)19-15-20-18-7-6-8-23(32-3)26(18)35-27(29(20)28-19)17-10-12-22(31-2)25(14-17)34-5/h6-14,20,27H,15H2,1-5H3/t20-,27+/m0/s1. The van der Waals surface area contributed by atoms with Crippen molar-refractivity contribution >= 4 is 5.71 Å². The predicted molar refractivity (Wildman–Crippen MR) is 131 cm³/mol. The molecule has 5 rings (SSSR count). The highest BCUT2D eigenvalue weighted by Gasteiger charge is 2.42. The topological polar surface area (TPSA) is 71.0 Å². The third kappa shape index (κ3) is 3.84. The average molecular weight is 477 g/mol. The van der Waals surface area contributed by atoms with E-state index in [0.717, 1.165) is 28.2 Å². The van der Waals surface area contributed by atoms with Crippen molar-refractivity contribution in [2.45, 2.75) is 18.7 Å². The van der Waals surface area contributed by atoms with Crippen LogP contribution < -0.4 is 28.4 Å². The van der Waals surface area contributed by atoms with Gasteiger partial charge in [0.2, 0.25) is 6.23 Å². The molecule has 2 aliphatic heterocycles. The van der Waals surface area contributed by atoms with Crippen LogP contribution in [0, 0.1) is 0 Å². The molecule has 3 aromatic carbocycles. The number of hydrogen-bond donors (Lipinski definition) is 0. The summed E-state index contributed by atoms with van der Waals surface area (Å²) in [4.78, 5) is 0. The first-order valence-electron chi connectivity index (χ1n) is 11.3. The van der Waals surface area contributed by atoms with Crippen molar-refractivity contribution in [3.8, 4) is 34.5 Å². The summed E-state index contributed by atoms with van der Waals surface area (Å²) in [5, 5.41) is 7.05. The van der Waals surface area contributed by atoms with Crippen LogP contribution in [0.1, 0.15) is 35.4 Å². The summed E-state index contributed by atoms with van der Waals surface area (Å²) in [7, 11) is 8.14. The van der Waals surface area contributed by atoms with Crippen molar-refractivity contribution in [1.82, 2.24) is 5.01 Å². The molecular formula is C27H28N2O6. The molecule has 0 radical (unpaired) electrons. The van der Waals surface area contributed by atoms with Crippen LogP contribution in [0.2, 0.25) is 0 Å². The van der Waals surface area contributed by atoms with Gasteiger partial charge in [0, 0.05) is 23.1 Å². The number of fused-ring (bicyclic) bond motifs is 3. The zero-order valence-electron chi connectivity index (χ0n) is 20.4. The molecule has 0 aliphatic carbocycles. The molecule has 0 amide bonds. The monoisotopic (exact) mass is 476 g/mol. The van der Waals surface area contributed by atoms with Gasteiger partial charge in [-0.05, 0) is 42.5 Å². The highest BCUT2D eigenvalue weighted by molar-refractivity contribution is 6.02. The number of hydrazone groups is 1. The number of hydrogen-bond acceptors (Lipinski definition) is 8. The number of benzene rings is 3. The number of rotatable bonds is 7. The lowest BCUT2D eigenvalue weighted by Gasteiger charge is -2.38. The molecule has 0 saturated carbocycles. The van der Waals surface area contributed by atoms with Gasteiger partial charge in [-0.1, -0.05) is 12.1 Å². The first-order valence-corrected chi connectivity index (χ1v) is 11.3. The van der Waals surface area contributed by atoms with Crippen molar-refractivity contribution in [1.29, 1.82) is 0 Å². The van der Waals surface area contributed by atoms with Crippen LogP contribution in [-0.2, 0) is 0 Å². The van der Waals surface area contributed by atoms with Crippen molar-refractivity contribution in [2.75, 3.05) is 35.5 Å². The Hall–Kier alpha value is -4.07. The molecule has 0 saturated heterocycles. The second kappa shape index (κ2) is 9.29. The summed E-state index contributed by atoms with van der Waals surface area (Å²) in [5.41, 5.74) is 3.81. The van der Waals surface area contributed by atoms with Gasteiger partial charge in [0.15, 0.2) is 34.5 Å². The molecule has 35 heavy (non-hydrogen) atoms. The third-order valence-corrected chi connectivity index (χ3v) is 6.41. The lowest BCUT2D eigenvalue weighted by molar-refractivity contribution is -0.0210. The highest BCUT2D eigenvalue weighted by atomic mass is 16.5. The molecule has 2 heterocycles. The van der Waals surface area contributed by atoms with Crippen LogP contribution in [0.4, 0.5) is 0 Å². The molecule has 182 valence electrons. The second-order valence-electron chi connectivity index (χ2n) is 8.18. The summed E-state index contributed by atoms with van der Waals surface area (Å²) >= 11 is 0. The maximum absolute atomic E-state index is 6.55. The van der Waals surface area contributed by atoms with Crippen LogP contribution in [0.5, 0.6) is 34.5 Å². The van der Waals surface area contributed by atoms with Gasteiger partial charge in [-0.25, -0.2) is 5.01 Å². The fraction of sp³-hybridized carbons (Fsp3) is 0.296. The zero-order chi connectivity index (χ0) is 24.5. The molecule has 0 spiro atoms. The normalized spacial score (nSPS) is 18.1. The summed E-state index contributed by atoms with van der Waals surface area (Å²) in [5.74, 6) is 4.02. The smallest absolute Gasteiger partial charge is 0.214 e. The molecule has 8 nitrogen and oxygen atoms in total. The fourth-order valence-corrected chi connectivity index (χ4v) is 4.66. The minimum absolute atomic E-state index is 0.0324. The average Bonchev–Trinajstić information content (AvgIpc) is 3.37. The van der Waals surface area contributed by atoms with Gasteiger partial charge >= 0.3 is 0 Å². The summed E-state index contributed by atoms with van der Waals surface area (Å²) in [6.07, 6.45) is 0.212. The van der Waals surface area contributed by atoms with Crippen LogP contribution in [-0.4, -0.2) is 46.3 Å². The molecule has 2 atom stereocenters. The van der Waals surface area contributed by atoms with Gasteiger partial charge in [0.1, 0.15) is 0 Å². The number of nitrogens with zero attached hydrogens (tertiary/aromatic N) is 2. The molecular weight excluding hydrogens is 448 g/mol. The van der Waals surface area contributed by atoms with Gasteiger partial charge in [-0.3, -0.25) is 0 Å². The van der Waals surface area contributed by atoms with E-state index in [2.05, 4.69) is 6.07 Å². The van der Waals surface area contributed by atoms with E-state index in [-0.39, 0.29) is 6.04 Å². The molecule has 0 unspecified atom stereocenters. The van der Waals surface area contributed by atoms with Gasteiger partial charge < -0.3 is 28.4 Å². The van der Waals surface area contributed by atoms with Gasteiger partial charge in [-0.2, -0.15) is 5.10 Å². The quantitative estimate of drug-likeness (QED) is 0.477. The molecule has 0 N–H and O–H groups in total. The van der Waals surface area contributed by atoms with Crippen LogP contribution in [0.25, 0.3) is 0 Å². The number of para-hydroxylation sites is 1. The second-order valence-corrected chi connectivity index (χ2v) is 8.18. The Bertz CT molecular complexity index is 1270. The number of methoxy groups -OCH3 is 5. The first kappa shape index (κ1) is 22.7. The Morgan fingerprint density at radius 1 is 0.743 bits per heavy atom. The third-order valence-electron chi connectivity index (χ3n) is 6.41. The molecule has 3 aromatic rings. The summed E-state index contributed by atoms with van der Waals surface area (Å²) in [6, 6.07) is 17.5. The maximum atomic E-state index is 6.55. The molecule has 0 bridgehead atoms. The maximum Gasteiger partial charge on any atom is 0.214 e. The zero-order valence-corrected chi connectivity index (χ0v) is 20.4. The van der Waals surface area contributed by atoms with Crippen LogP contribution in [0.3, 0.4) is 0 Å². The molecule has 0 aromatic heterocycles. The van der Waals surface area contributed by atoms with E-state index < -0.39 is 6.23 Å². The Balaban J connectivity index is 1.61. The summed E-state index contributed by atoms with van der Waals surface area (Å²) in [6.45, 7) is 0. The first-order chi connectivity index (χ1) is 17.1. The van der Waals surface area contributed by atoms with Gasteiger partial charge in [-0.15, -0.1) is 0 Å². The van der Waals surface area contributed by atoms with Crippen molar-refractivity contribution in [3.05, 3.63) is 71.3 Å². The van der Waals surface area contributed by atoms with Gasteiger partial charge in [0.05, 0.1) is 47.3 Å². The lowest BCUT2D eigenvalue weighted by Crippen LogP contribution is -2.33. The number of ether oxygens (including phenoxy) is 6. The molecule has 0 fully saturated rings. The van der Waals surface area contributed by atoms with E-state index in [1.54, 1.807) is 35.5 Å². The minimum atomic E-state index is -0.485. The summed E-state index contributed by atoms with van der Waals surface area (Å²) < 4.78 is 34.1. The fourth-order valence-electron chi connectivity index (χ4n) is 4.66. The van der Waals surface area contributed by atoms with E-state index in [9.17, 15) is 0 Å². The van der Waals surface area contributed by atoms with Gasteiger partial charge in [0.25, 0.3) is 0 Å². The van der Waals surface area contributed by atoms with Crippen LogP contribution >= 0.6 is 0 Å². The SMILES string of the molecule is COc1ccc(C2=NN3[C@@H](c4ccc(OC)c(OC)c4)Oc4c(OC)cccc4[C@@H]3C2)cc1OC. The minimum Gasteiger partial charge on any atom is -0.493 e. The van der Waals surface area contributed by atoms with E-state index in [1.165, 1.54) is 0 Å².